The quantitative estimate of drug-likeness (QED) is 0.869. The highest BCUT2D eigenvalue weighted by Gasteiger charge is 2.15. The maximum Gasteiger partial charge on any atom is 0.168 e. The summed E-state index contributed by atoms with van der Waals surface area (Å²) in [5.41, 5.74) is 0. The van der Waals surface area contributed by atoms with Crippen molar-refractivity contribution >= 4 is 11.6 Å². The molecule has 0 amide bonds. The minimum absolute atomic E-state index is 0.0127. The highest BCUT2D eigenvalue weighted by atomic mass is 19.1. The van der Waals surface area contributed by atoms with Gasteiger partial charge in [-0.1, -0.05) is 0 Å². The van der Waals surface area contributed by atoms with Crippen molar-refractivity contribution in [1.29, 1.82) is 0 Å². The third-order valence-electron chi connectivity index (χ3n) is 2.60. The van der Waals surface area contributed by atoms with Crippen molar-refractivity contribution in [1.82, 2.24) is 4.98 Å². The van der Waals surface area contributed by atoms with Crippen LogP contribution in [0.5, 0.6) is 0 Å². The fraction of sp³-hybridized carbons (Fsp3) is 0.308. The monoisotopic (exact) mass is 267 g/mol. The first-order valence-electron chi connectivity index (χ1n) is 6.01. The Balaban J connectivity index is 2.22. The number of hydrogen-bond acceptors (Lipinski definition) is 4. The van der Waals surface area contributed by atoms with Crippen molar-refractivity contribution < 1.29 is 13.2 Å². The molecule has 0 saturated carbocycles. The van der Waals surface area contributed by atoms with E-state index in [1.807, 2.05) is 6.92 Å². The number of nitrogens with one attached hydrogen (secondary N) is 2. The van der Waals surface area contributed by atoms with Crippen molar-refractivity contribution in [2.45, 2.75) is 19.9 Å². The smallest absolute Gasteiger partial charge is 0.168 e. The van der Waals surface area contributed by atoms with Gasteiger partial charge in [0.05, 0.1) is 12.3 Å². The molecule has 0 radical (unpaired) electrons. The van der Waals surface area contributed by atoms with Crippen LogP contribution in [-0.4, -0.2) is 11.5 Å². The second-order valence-corrected chi connectivity index (χ2v) is 4.06. The topological polar surface area (TPSA) is 50.1 Å². The van der Waals surface area contributed by atoms with E-state index in [9.17, 15) is 8.78 Å². The Morgan fingerprint density at radius 1 is 1.32 bits per heavy atom. The average molecular weight is 267 g/mol. The van der Waals surface area contributed by atoms with Gasteiger partial charge < -0.3 is 15.1 Å². The summed E-state index contributed by atoms with van der Waals surface area (Å²) in [6, 6.07) is 4.05. The lowest BCUT2D eigenvalue weighted by Gasteiger charge is -2.14. The van der Waals surface area contributed by atoms with Crippen LogP contribution in [0.25, 0.3) is 0 Å². The number of pyridine rings is 1. The van der Waals surface area contributed by atoms with Crippen molar-refractivity contribution in [2.24, 2.45) is 0 Å². The molecular weight excluding hydrogens is 252 g/mol. The van der Waals surface area contributed by atoms with Crippen molar-refractivity contribution in [2.75, 3.05) is 17.2 Å². The summed E-state index contributed by atoms with van der Waals surface area (Å²) in [7, 11) is 0. The summed E-state index contributed by atoms with van der Waals surface area (Å²) in [5, 5.41) is 5.59. The van der Waals surface area contributed by atoms with Gasteiger partial charge in [0.15, 0.2) is 23.3 Å². The molecule has 0 aliphatic carbocycles. The van der Waals surface area contributed by atoms with Crippen LogP contribution in [0.1, 0.15) is 25.6 Å². The Bertz CT molecular complexity index is 543. The van der Waals surface area contributed by atoms with Gasteiger partial charge in [-0.25, -0.2) is 13.8 Å². The SMILES string of the molecule is CCNc1nc(NC(C)c2ccco2)c(F)cc1F. The molecule has 0 saturated heterocycles. The molecular formula is C13H15F2N3O. The third-order valence-corrected chi connectivity index (χ3v) is 2.60. The van der Waals surface area contributed by atoms with Crippen LogP contribution in [0, 0.1) is 11.6 Å². The molecule has 0 aliphatic heterocycles. The van der Waals surface area contributed by atoms with Crippen LogP contribution in [0.4, 0.5) is 20.4 Å². The molecule has 0 spiro atoms. The predicted octanol–water partition coefficient (Wildman–Crippen LogP) is 3.56. The first-order valence-corrected chi connectivity index (χ1v) is 6.01. The van der Waals surface area contributed by atoms with Crippen molar-refractivity contribution in [3.63, 3.8) is 0 Å². The number of nitrogens with zero attached hydrogens (tertiary/aromatic N) is 1. The van der Waals surface area contributed by atoms with E-state index in [0.29, 0.717) is 12.3 Å². The largest absolute Gasteiger partial charge is 0.467 e. The number of rotatable bonds is 5. The number of hydrogen-bond donors (Lipinski definition) is 2. The summed E-state index contributed by atoms with van der Waals surface area (Å²) in [6.45, 7) is 4.11. The zero-order valence-corrected chi connectivity index (χ0v) is 10.7. The zero-order valence-electron chi connectivity index (χ0n) is 10.7. The maximum absolute atomic E-state index is 13.6. The minimum atomic E-state index is -0.738. The molecule has 0 aromatic carbocycles. The van der Waals surface area contributed by atoms with Crippen LogP contribution >= 0.6 is 0 Å². The Hall–Kier alpha value is -2.11. The van der Waals surface area contributed by atoms with E-state index in [4.69, 9.17) is 4.42 Å². The van der Waals surface area contributed by atoms with Crippen LogP contribution in [0.3, 0.4) is 0 Å². The maximum atomic E-state index is 13.6. The van der Waals surface area contributed by atoms with Gasteiger partial charge in [0, 0.05) is 12.6 Å². The molecule has 102 valence electrons. The van der Waals surface area contributed by atoms with Gasteiger partial charge >= 0.3 is 0 Å². The van der Waals surface area contributed by atoms with Gasteiger partial charge in [-0.2, -0.15) is 0 Å². The van der Waals surface area contributed by atoms with E-state index >= 15 is 0 Å². The Kier molecular flexibility index (Phi) is 3.99. The second-order valence-electron chi connectivity index (χ2n) is 4.06. The zero-order chi connectivity index (χ0) is 13.8. The molecule has 0 fully saturated rings. The Labute approximate surface area is 109 Å². The Morgan fingerprint density at radius 3 is 2.68 bits per heavy atom. The number of anilines is 2. The molecule has 2 aromatic heterocycles. The molecule has 0 aliphatic rings. The third kappa shape index (κ3) is 3.01. The van der Waals surface area contributed by atoms with E-state index in [0.717, 1.165) is 6.07 Å². The molecule has 2 rings (SSSR count). The molecule has 6 heteroatoms. The van der Waals surface area contributed by atoms with Gasteiger partial charge in [0.1, 0.15) is 5.76 Å². The van der Waals surface area contributed by atoms with E-state index < -0.39 is 11.6 Å². The standard InChI is InChI=1S/C13H15F2N3O/c1-3-16-12-9(14)7-10(15)13(18-12)17-8(2)11-5-4-6-19-11/h4-8H,3H2,1-2H3,(H2,16,17,18). The molecule has 2 N–H and O–H groups in total. The number of halogens is 2. The molecule has 2 aromatic rings. The first-order chi connectivity index (χ1) is 9.11. The summed E-state index contributed by atoms with van der Waals surface area (Å²) in [4.78, 5) is 3.90. The van der Waals surface area contributed by atoms with E-state index in [1.54, 1.807) is 19.1 Å². The van der Waals surface area contributed by atoms with Gasteiger partial charge in [0.2, 0.25) is 0 Å². The molecule has 4 nitrogen and oxygen atoms in total. The normalized spacial score (nSPS) is 12.2. The molecule has 2 heterocycles. The summed E-state index contributed by atoms with van der Waals surface area (Å²) >= 11 is 0. The second kappa shape index (κ2) is 5.69. The molecule has 1 atom stereocenters. The summed E-state index contributed by atoms with van der Waals surface area (Å²) in [6.07, 6.45) is 1.53. The van der Waals surface area contributed by atoms with Gasteiger partial charge in [0.25, 0.3) is 0 Å². The number of aromatic nitrogens is 1. The fourth-order valence-electron chi connectivity index (χ4n) is 1.67. The van der Waals surface area contributed by atoms with Crippen LogP contribution in [0.15, 0.2) is 28.9 Å². The molecule has 19 heavy (non-hydrogen) atoms. The highest BCUT2D eigenvalue weighted by Crippen LogP contribution is 2.23. The fourth-order valence-corrected chi connectivity index (χ4v) is 1.67. The first kappa shape index (κ1) is 13.3. The van der Waals surface area contributed by atoms with Crippen LogP contribution < -0.4 is 10.6 Å². The van der Waals surface area contributed by atoms with Crippen LogP contribution in [0.2, 0.25) is 0 Å². The summed E-state index contributed by atoms with van der Waals surface area (Å²) in [5.74, 6) is -0.789. The van der Waals surface area contributed by atoms with Crippen LogP contribution in [-0.2, 0) is 0 Å². The molecule has 1 unspecified atom stereocenters. The van der Waals surface area contributed by atoms with Gasteiger partial charge in [-0.15, -0.1) is 0 Å². The van der Waals surface area contributed by atoms with Gasteiger partial charge in [-0.05, 0) is 26.0 Å². The van der Waals surface area contributed by atoms with Crippen molar-refractivity contribution in [3.8, 4) is 0 Å². The predicted molar refractivity (Wildman–Crippen MR) is 69.1 cm³/mol. The summed E-state index contributed by atoms with van der Waals surface area (Å²) < 4.78 is 32.3. The highest BCUT2D eigenvalue weighted by molar-refractivity contribution is 5.48. The van der Waals surface area contributed by atoms with E-state index in [-0.39, 0.29) is 17.7 Å². The molecule has 0 bridgehead atoms. The lowest BCUT2D eigenvalue weighted by Crippen LogP contribution is -2.11. The minimum Gasteiger partial charge on any atom is -0.467 e. The number of furan rings is 1. The van der Waals surface area contributed by atoms with Gasteiger partial charge in [-0.3, -0.25) is 0 Å². The van der Waals surface area contributed by atoms with E-state index in [1.165, 1.54) is 6.26 Å². The lowest BCUT2D eigenvalue weighted by atomic mass is 10.2. The average Bonchev–Trinajstić information content (AvgIpc) is 2.89. The lowest BCUT2D eigenvalue weighted by molar-refractivity contribution is 0.488. The Morgan fingerprint density at radius 2 is 2.05 bits per heavy atom. The van der Waals surface area contributed by atoms with Crippen molar-refractivity contribution in [3.05, 3.63) is 41.9 Å². The van der Waals surface area contributed by atoms with E-state index in [2.05, 4.69) is 15.6 Å².